The van der Waals surface area contributed by atoms with Crippen LogP contribution in [0.25, 0.3) is 11.1 Å². The van der Waals surface area contributed by atoms with Crippen molar-refractivity contribution >= 4 is 0 Å². The van der Waals surface area contributed by atoms with Crippen LogP contribution in [0.3, 0.4) is 0 Å². The molecule has 2 rings (SSSR count). The molecule has 106 valence electrons. The zero-order valence-electron chi connectivity index (χ0n) is 12.2. The van der Waals surface area contributed by atoms with Crippen molar-refractivity contribution in [1.82, 2.24) is 5.32 Å². The van der Waals surface area contributed by atoms with Gasteiger partial charge in [0.15, 0.2) is 0 Å². The van der Waals surface area contributed by atoms with E-state index in [4.69, 9.17) is 5.11 Å². The van der Waals surface area contributed by atoms with Crippen molar-refractivity contribution in [3.63, 3.8) is 0 Å². The molecule has 2 nitrogen and oxygen atoms in total. The molecule has 0 bridgehead atoms. The predicted octanol–water partition coefficient (Wildman–Crippen LogP) is 3.63. The maximum Gasteiger partial charge on any atom is 0.0468 e. The Morgan fingerprint density at radius 3 is 2.10 bits per heavy atom. The van der Waals surface area contributed by atoms with E-state index >= 15 is 0 Å². The molecule has 0 aliphatic heterocycles. The van der Waals surface area contributed by atoms with Crippen LogP contribution in [0.1, 0.15) is 25.5 Å². The third kappa shape index (κ3) is 3.92. The molecule has 0 spiro atoms. The SMILES string of the molecule is CC(CO)CNC(C)c1ccc(-c2ccccc2)cc1. The first-order chi connectivity index (χ1) is 9.70. The highest BCUT2D eigenvalue weighted by Crippen LogP contribution is 2.21. The van der Waals surface area contributed by atoms with E-state index in [2.05, 4.69) is 60.8 Å². The maximum absolute atomic E-state index is 9.04. The lowest BCUT2D eigenvalue weighted by Gasteiger charge is -2.17. The van der Waals surface area contributed by atoms with Gasteiger partial charge in [-0.05, 0) is 29.5 Å². The number of aliphatic hydroxyl groups is 1. The van der Waals surface area contributed by atoms with Crippen molar-refractivity contribution in [3.05, 3.63) is 60.2 Å². The molecule has 0 fully saturated rings. The van der Waals surface area contributed by atoms with Gasteiger partial charge in [0.05, 0.1) is 0 Å². The van der Waals surface area contributed by atoms with Gasteiger partial charge in [0.1, 0.15) is 0 Å². The minimum atomic E-state index is 0.229. The van der Waals surface area contributed by atoms with Gasteiger partial charge in [0, 0.05) is 19.2 Å². The summed E-state index contributed by atoms with van der Waals surface area (Å²) in [6.45, 7) is 5.25. The Hall–Kier alpha value is -1.64. The fourth-order valence-electron chi connectivity index (χ4n) is 2.16. The first-order valence-electron chi connectivity index (χ1n) is 7.20. The number of nitrogens with one attached hydrogen (secondary N) is 1. The highest BCUT2D eigenvalue weighted by Gasteiger charge is 2.07. The Morgan fingerprint density at radius 1 is 0.900 bits per heavy atom. The average Bonchev–Trinajstić information content (AvgIpc) is 2.53. The zero-order valence-corrected chi connectivity index (χ0v) is 12.2. The first kappa shape index (κ1) is 14.8. The summed E-state index contributed by atoms with van der Waals surface area (Å²) in [5, 5.41) is 12.5. The summed E-state index contributed by atoms with van der Waals surface area (Å²) in [6.07, 6.45) is 0. The molecule has 2 unspecified atom stereocenters. The Kier molecular flexibility index (Phi) is 5.33. The van der Waals surface area contributed by atoms with Crippen molar-refractivity contribution in [3.8, 4) is 11.1 Å². The van der Waals surface area contributed by atoms with E-state index in [1.165, 1.54) is 16.7 Å². The minimum Gasteiger partial charge on any atom is -0.396 e. The van der Waals surface area contributed by atoms with Crippen molar-refractivity contribution < 1.29 is 5.11 Å². The van der Waals surface area contributed by atoms with Crippen LogP contribution in [-0.2, 0) is 0 Å². The third-order valence-corrected chi connectivity index (χ3v) is 3.60. The van der Waals surface area contributed by atoms with E-state index in [1.807, 2.05) is 13.0 Å². The minimum absolute atomic E-state index is 0.229. The standard InChI is InChI=1S/C18H23NO/c1-14(13-20)12-19-15(2)16-8-10-18(11-9-16)17-6-4-3-5-7-17/h3-11,14-15,19-20H,12-13H2,1-2H3. The average molecular weight is 269 g/mol. The van der Waals surface area contributed by atoms with Crippen molar-refractivity contribution in [2.24, 2.45) is 5.92 Å². The fraction of sp³-hybridized carbons (Fsp3) is 0.333. The molecule has 0 radical (unpaired) electrons. The molecule has 2 aromatic carbocycles. The molecule has 0 saturated heterocycles. The van der Waals surface area contributed by atoms with E-state index in [0.29, 0.717) is 12.0 Å². The highest BCUT2D eigenvalue weighted by atomic mass is 16.3. The molecular formula is C18H23NO. The second-order valence-electron chi connectivity index (χ2n) is 5.41. The Morgan fingerprint density at radius 2 is 1.50 bits per heavy atom. The van der Waals surface area contributed by atoms with Gasteiger partial charge in [-0.3, -0.25) is 0 Å². The number of hydrogen-bond acceptors (Lipinski definition) is 2. The molecule has 20 heavy (non-hydrogen) atoms. The largest absolute Gasteiger partial charge is 0.396 e. The number of benzene rings is 2. The number of hydrogen-bond donors (Lipinski definition) is 2. The maximum atomic E-state index is 9.04. The summed E-state index contributed by atoms with van der Waals surface area (Å²) in [4.78, 5) is 0. The molecular weight excluding hydrogens is 246 g/mol. The first-order valence-corrected chi connectivity index (χ1v) is 7.20. The van der Waals surface area contributed by atoms with Gasteiger partial charge in [-0.25, -0.2) is 0 Å². The van der Waals surface area contributed by atoms with Gasteiger partial charge in [-0.2, -0.15) is 0 Å². The van der Waals surface area contributed by atoms with Crippen LogP contribution < -0.4 is 5.32 Å². The molecule has 2 atom stereocenters. The fourth-order valence-corrected chi connectivity index (χ4v) is 2.16. The van der Waals surface area contributed by atoms with Gasteiger partial charge in [0.25, 0.3) is 0 Å². The van der Waals surface area contributed by atoms with Crippen LogP contribution in [0.4, 0.5) is 0 Å². The van der Waals surface area contributed by atoms with Crippen LogP contribution in [-0.4, -0.2) is 18.3 Å². The molecule has 0 aliphatic rings. The summed E-state index contributed by atoms with van der Waals surface area (Å²) in [5.41, 5.74) is 3.76. The molecule has 0 heterocycles. The normalized spacial score (nSPS) is 13.9. The van der Waals surface area contributed by atoms with E-state index in [9.17, 15) is 0 Å². The molecule has 0 saturated carbocycles. The van der Waals surface area contributed by atoms with E-state index < -0.39 is 0 Å². The van der Waals surface area contributed by atoms with Gasteiger partial charge in [0.2, 0.25) is 0 Å². The second-order valence-corrected chi connectivity index (χ2v) is 5.41. The monoisotopic (exact) mass is 269 g/mol. The number of rotatable bonds is 6. The van der Waals surface area contributed by atoms with Crippen LogP contribution in [0.2, 0.25) is 0 Å². The zero-order chi connectivity index (χ0) is 14.4. The van der Waals surface area contributed by atoms with Crippen molar-refractivity contribution in [1.29, 1.82) is 0 Å². The summed E-state index contributed by atoms with van der Waals surface area (Å²) in [6, 6.07) is 19.4. The topological polar surface area (TPSA) is 32.3 Å². The van der Waals surface area contributed by atoms with Crippen LogP contribution in [0.15, 0.2) is 54.6 Å². The van der Waals surface area contributed by atoms with Crippen LogP contribution in [0, 0.1) is 5.92 Å². The van der Waals surface area contributed by atoms with Crippen LogP contribution >= 0.6 is 0 Å². The molecule has 2 aromatic rings. The molecule has 0 amide bonds. The van der Waals surface area contributed by atoms with Crippen LogP contribution in [0.5, 0.6) is 0 Å². The highest BCUT2D eigenvalue weighted by molar-refractivity contribution is 5.63. The molecule has 0 aromatic heterocycles. The van der Waals surface area contributed by atoms with Gasteiger partial charge >= 0.3 is 0 Å². The Labute approximate surface area is 121 Å². The lowest BCUT2D eigenvalue weighted by molar-refractivity contribution is 0.231. The van der Waals surface area contributed by atoms with Crippen molar-refractivity contribution in [2.75, 3.05) is 13.2 Å². The number of aliphatic hydroxyl groups excluding tert-OH is 1. The van der Waals surface area contributed by atoms with E-state index in [-0.39, 0.29) is 6.61 Å². The molecule has 2 N–H and O–H groups in total. The van der Waals surface area contributed by atoms with Gasteiger partial charge < -0.3 is 10.4 Å². The lowest BCUT2D eigenvalue weighted by atomic mass is 10.0. The second kappa shape index (κ2) is 7.22. The Balaban J connectivity index is 2.01. The lowest BCUT2D eigenvalue weighted by Crippen LogP contribution is -2.26. The Bertz CT molecular complexity index is 507. The van der Waals surface area contributed by atoms with Gasteiger partial charge in [-0.1, -0.05) is 61.5 Å². The molecule has 2 heteroatoms. The summed E-state index contributed by atoms with van der Waals surface area (Å²) in [7, 11) is 0. The van der Waals surface area contributed by atoms with Crippen molar-refractivity contribution in [2.45, 2.75) is 19.9 Å². The van der Waals surface area contributed by atoms with E-state index in [1.54, 1.807) is 0 Å². The molecule has 0 aliphatic carbocycles. The quantitative estimate of drug-likeness (QED) is 0.839. The summed E-state index contributed by atoms with van der Waals surface area (Å²) in [5.74, 6) is 0.293. The predicted molar refractivity (Wildman–Crippen MR) is 84.5 cm³/mol. The third-order valence-electron chi connectivity index (χ3n) is 3.60. The van der Waals surface area contributed by atoms with Gasteiger partial charge in [-0.15, -0.1) is 0 Å². The smallest absolute Gasteiger partial charge is 0.0468 e. The summed E-state index contributed by atoms with van der Waals surface area (Å²) >= 11 is 0. The summed E-state index contributed by atoms with van der Waals surface area (Å²) < 4.78 is 0. The van der Waals surface area contributed by atoms with E-state index in [0.717, 1.165) is 6.54 Å².